The van der Waals surface area contributed by atoms with Crippen molar-refractivity contribution in [2.24, 2.45) is 5.41 Å². The third-order valence-corrected chi connectivity index (χ3v) is 4.01. The van der Waals surface area contributed by atoms with Crippen molar-refractivity contribution < 1.29 is 0 Å². The van der Waals surface area contributed by atoms with Gasteiger partial charge in [0.25, 0.3) is 0 Å². The Balaban J connectivity index is 2.00. The SMILES string of the molecule is CC1(C)CCCNC1CNc1cc(Cl)nnc1Cl. The molecular formula is C12H18Cl2N4. The molecule has 2 rings (SSSR count). The van der Waals surface area contributed by atoms with E-state index >= 15 is 0 Å². The maximum absolute atomic E-state index is 5.97. The van der Waals surface area contributed by atoms with Crippen LogP contribution in [0.15, 0.2) is 6.07 Å². The van der Waals surface area contributed by atoms with Crippen LogP contribution in [0.1, 0.15) is 26.7 Å². The Bertz CT molecular complexity index is 423. The lowest BCUT2D eigenvalue weighted by atomic mass is 9.77. The molecule has 100 valence electrons. The summed E-state index contributed by atoms with van der Waals surface area (Å²) in [6.07, 6.45) is 2.46. The summed E-state index contributed by atoms with van der Waals surface area (Å²) in [4.78, 5) is 0. The van der Waals surface area contributed by atoms with Gasteiger partial charge in [-0.05, 0) is 24.8 Å². The Hall–Kier alpha value is -0.580. The van der Waals surface area contributed by atoms with Crippen molar-refractivity contribution in [2.75, 3.05) is 18.4 Å². The second-order valence-corrected chi connectivity index (χ2v) is 6.10. The minimum Gasteiger partial charge on any atom is -0.381 e. The largest absolute Gasteiger partial charge is 0.381 e. The zero-order chi connectivity index (χ0) is 13.2. The van der Waals surface area contributed by atoms with E-state index in [4.69, 9.17) is 23.2 Å². The molecule has 0 amide bonds. The predicted octanol–water partition coefficient (Wildman–Crippen LogP) is 2.97. The molecule has 1 aromatic heterocycles. The Morgan fingerprint density at radius 1 is 1.44 bits per heavy atom. The predicted molar refractivity (Wildman–Crippen MR) is 75.3 cm³/mol. The van der Waals surface area contributed by atoms with E-state index < -0.39 is 0 Å². The number of rotatable bonds is 3. The highest BCUT2D eigenvalue weighted by Crippen LogP contribution is 2.30. The van der Waals surface area contributed by atoms with E-state index in [1.807, 2.05) is 0 Å². The molecule has 2 heterocycles. The third-order valence-electron chi connectivity index (χ3n) is 3.55. The Kier molecular flexibility index (Phi) is 4.30. The van der Waals surface area contributed by atoms with E-state index in [0.29, 0.717) is 16.3 Å². The third kappa shape index (κ3) is 3.25. The van der Waals surface area contributed by atoms with Crippen molar-refractivity contribution in [2.45, 2.75) is 32.7 Å². The van der Waals surface area contributed by atoms with Crippen LogP contribution in [-0.2, 0) is 0 Å². The molecule has 1 saturated heterocycles. The molecule has 0 saturated carbocycles. The van der Waals surface area contributed by atoms with Gasteiger partial charge < -0.3 is 10.6 Å². The van der Waals surface area contributed by atoms with E-state index in [1.54, 1.807) is 6.07 Å². The Labute approximate surface area is 117 Å². The van der Waals surface area contributed by atoms with Crippen molar-refractivity contribution in [3.8, 4) is 0 Å². The minimum absolute atomic E-state index is 0.280. The van der Waals surface area contributed by atoms with Crippen LogP contribution in [-0.4, -0.2) is 29.3 Å². The van der Waals surface area contributed by atoms with E-state index in [1.165, 1.54) is 12.8 Å². The number of piperidine rings is 1. The summed E-state index contributed by atoms with van der Waals surface area (Å²) in [7, 11) is 0. The molecule has 6 heteroatoms. The molecule has 0 aliphatic carbocycles. The molecule has 2 N–H and O–H groups in total. The van der Waals surface area contributed by atoms with Crippen molar-refractivity contribution in [1.82, 2.24) is 15.5 Å². The van der Waals surface area contributed by atoms with Crippen molar-refractivity contribution in [3.05, 3.63) is 16.4 Å². The normalized spacial score (nSPS) is 22.8. The van der Waals surface area contributed by atoms with Gasteiger partial charge in [-0.1, -0.05) is 37.0 Å². The maximum atomic E-state index is 5.97. The smallest absolute Gasteiger partial charge is 0.174 e. The van der Waals surface area contributed by atoms with E-state index in [-0.39, 0.29) is 5.41 Å². The number of anilines is 1. The van der Waals surface area contributed by atoms with Crippen LogP contribution in [0.2, 0.25) is 10.3 Å². The first-order chi connectivity index (χ1) is 8.49. The molecule has 0 radical (unpaired) electrons. The van der Waals surface area contributed by atoms with E-state index in [0.717, 1.165) is 18.8 Å². The number of nitrogens with one attached hydrogen (secondary N) is 2. The Morgan fingerprint density at radius 3 is 2.94 bits per heavy atom. The highest BCUT2D eigenvalue weighted by atomic mass is 35.5. The van der Waals surface area contributed by atoms with Crippen molar-refractivity contribution in [3.63, 3.8) is 0 Å². The van der Waals surface area contributed by atoms with Crippen LogP contribution in [0.4, 0.5) is 5.69 Å². The lowest BCUT2D eigenvalue weighted by Crippen LogP contribution is -2.50. The van der Waals surface area contributed by atoms with Gasteiger partial charge in [0.15, 0.2) is 10.3 Å². The lowest BCUT2D eigenvalue weighted by molar-refractivity contribution is 0.188. The fourth-order valence-electron chi connectivity index (χ4n) is 2.31. The van der Waals surface area contributed by atoms with Crippen LogP contribution >= 0.6 is 23.2 Å². The van der Waals surface area contributed by atoms with Crippen molar-refractivity contribution >= 4 is 28.9 Å². The zero-order valence-corrected chi connectivity index (χ0v) is 12.1. The molecule has 1 aromatic rings. The lowest BCUT2D eigenvalue weighted by Gasteiger charge is -2.39. The quantitative estimate of drug-likeness (QED) is 0.898. The highest BCUT2D eigenvalue weighted by Gasteiger charge is 2.31. The van der Waals surface area contributed by atoms with Gasteiger partial charge in [0.2, 0.25) is 0 Å². The van der Waals surface area contributed by atoms with Gasteiger partial charge in [-0.3, -0.25) is 0 Å². The molecular weight excluding hydrogens is 271 g/mol. The van der Waals surface area contributed by atoms with Crippen LogP contribution in [0.5, 0.6) is 0 Å². The summed E-state index contributed by atoms with van der Waals surface area (Å²) in [5.74, 6) is 0. The van der Waals surface area contributed by atoms with Crippen molar-refractivity contribution in [1.29, 1.82) is 0 Å². The first-order valence-electron chi connectivity index (χ1n) is 6.15. The van der Waals surface area contributed by atoms with Gasteiger partial charge in [-0.25, -0.2) is 0 Å². The van der Waals surface area contributed by atoms with E-state index in [2.05, 4.69) is 34.7 Å². The van der Waals surface area contributed by atoms with Gasteiger partial charge in [0.05, 0.1) is 5.69 Å². The van der Waals surface area contributed by atoms with Crippen LogP contribution in [0.3, 0.4) is 0 Å². The van der Waals surface area contributed by atoms with Gasteiger partial charge in [0, 0.05) is 18.7 Å². The summed E-state index contributed by atoms with van der Waals surface area (Å²) < 4.78 is 0. The number of nitrogens with zero attached hydrogens (tertiary/aromatic N) is 2. The van der Waals surface area contributed by atoms with Gasteiger partial charge in [-0.15, -0.1) is 10.2 Å². The average Bonchev–Trinajstić information content (AvgIpc) is 2.31. The van der Waals surface area contributed by atoms with Crippen LogP contribution in [0, 0.1) is 5.41 Å². The molecule has 1 atom stereocenters. The molecule has 18 heavy (non-hydrogen) atoms. The topological polar surface area (TPSA) is 49.8 Å². The van der Waals surface area contributed by atoms with Gasteiger partial charge >= 0.3 is 0 Å². The average molecular weight is 289 g/mol. The second kappa shape index (κ2) is 5.59. The number of hydrogen-bond donors (Lipinski definition) is 2. The standard InChI is InChI=1S/C12H18Cl2N4/c1-12(2)4-3-5-15-9(12)7-16-8-6-10(13)17-18-11(8)14/h6,9,15H,3-5,7H2,1-2H3,(H,16,17). The molecule has 1 unspecified atom stereocenters. The molecule has 1 aliphatic rings. The molecule has 1 aliphatic heterocycles. The maximum Gasteiger partial charge on any atom is 0.174 e. The Morgan fingerprint density at radius 2 is 2.22 bits per heavy atom. The fourth-order valence-corrected chi connectivity index (χ4v) is 2.61. The van der Waals surface area contributed by atoms with Gasteiger partial charge in [0.1, 0.15) is 0 Å². The second-order valence-electron chi connectivity index (χ2n) is 5.35. The first kappa shape index (κ1) is 13.8. The van der Waals surface area contributed by atoms with Gasteiger partial charge in [-0.2, -0.15) is 0 Å². The first-order valence-corrected chi connectivity index (χ1v) is 6.90. The molecule has 0 spiro atoms. The fraction of sp³-hybridized carbons (Fsp3) is 0.667. The minimum atomic E-state index is 0.280. The highest BCUT2D eigenvalue weighted by molar-refractivity contribution is 6.33. The number of halogens is 2. The molecule has 0 bridgehead atoms. The summed E-state index contributed by atoms with van der Waals surface area (Å²) in [6.45, 7) is 6.43. The number of hydrogen-bond acceptors (Lipinski definition) is 4. The molecule has 0 aromatic carbocycles. The van der Waals surface area contributed by atoms with Crippen LogP contribution in [0.25, 0.3) is 0 Å². The molecule has 4 nitrogen and oxygen atoms in total. The van der Waals surface area contributed by atoms with E-state index in [9.17, 15) is 0 Å². The summed E-state index contributed by atoms with van der Waals surface area (Å²) >= 11 is 11.8. The summed E-state index contributed by atoms with van der Waals surface area (Å²) in [6, 6.07) is 2.11. The summed E-state index contributed by atoms with van der Waals surface area (Å²) in [5, 5.41) is 15.0. The summed E-state index contributed by atoms with van der Waals surface area (Å²) in [5.41, 5.74) is 1.02. The number of aromatic nitrogens is 2. The zero-order valence-electron chi connectivity index (χ0n) is 10.6. The van der Waals surface area contributed by atoms with Crippen LogP contribution < -0.4 is 10.6 Å². The molecule has 1 fully saturated rings. The monoisotopic (exact) mass is 288 g/mol.